The number of halogens is 3. The standard InChI is InChI=1S/C20H31F3NO5P/c1-19(2,3)29-12-24-10-14-8-13(6-7-15(14)26-4)9-16(17(25)27-5)28-11-20(23,30)18(21)22/h6-8,16,18,24H,9-12,30H2,1-5H3. The van der Waals surface area contributed by atoms with Gasteiger partial charge in [0.25, 0.3) is 6.43 Å². The van der Waals surface area contributed by atoms with Gasteiger partial charge in [0, 0.05) is 18.5 Å². The van der Waals surface area contributed by atoms with Crippen molar-refractivity contribution in [3.8, 4) is 5.75 Å². The van der Waals surface area contributed by atoms with Gasteiger partial charge in [-0.05, 0) is 32.4 Å². The molecule has 0 bridgehead atoms. The number of alkyl halides is 3. The maximum atomic E-state index is 13.8. The van der Waals surface area contributed by atoms with Crippen LogP contribution in [-0.4, -0.2) is 57.1 Å². The molecule has 0 heterocycles. The smallest absolute Gasteiger partial charge is 0.335 e. The lowest BCUT2D eigenvalue weighted by Gasteiger charge is -2.23. The maximum Gasteiger partial charge on any atom is 0.335 e. The van der Waals surface area contributed by atoms with E-state index in [2.05, 4.69) is 10.1 Å². The number of methoxy groups -OCH3 is 2. The number of hydrogen-bond acceptors (Lipinski definition) is 6. The molecular formula is C20H31F3NO5P. The topological polar surface area (TPSA) is 66.0 Å². The van der Waals surface area contributed by atoms with Crippen molar-refractivity contribution in [2.75, 3.05) is 27.6 Å². The molecule has 0 amide bonds. The van der Waals surface area contributed by atoms with Crippen LogP contribution in [0.2, 0.25) is 0 Å². The van der Waals surface area contributed by atoms with Crippen LogP contribution in [0.1, 0.15) is 31.9 Å². The van der Waals surface area contributed by atoms with Crippen molar-refractivity contribution in [1.29, 1.82) is 0 Å². The number of rotatable bonds is 12. The van der Waals surface area contributed by atoms with Gasteiger partial charge in [-0.25, -0.2) is 18.0 Å². The second-order valence-corrected chi connectivity index (χ2v) is 8.69. The van der Waals surface area contributed by atoms with E-state index in [4.69, 9.17) is 14.2 Å². The lowest BCUT2D eigenvalue weighted by molar-refractivity contribution is -0.157. The Bertz CT molecular complexity index is 683. The molecule has 1 aromatic carbocycles. The van der Waals surface area contributed by atoms with Crippen molar-refractivity contribution in [2.45, 2.75) is 57.3 Å². The normalized spacial score (nSPS) is 15.0. The third kappa shape index (κ3) is 9.16. The molecule has 30 heavy (non-hydrogen) atoms. The number of nitrogens with one attached hydrogen (secondary N) is 1. The third-order valence-electron chi connectivity index (χ3n) is 4.02. The van der Waals surface area contributed by atoms with Crippen molar-refractivity contribution < 1.29 is 36.9 Å². The summed E-state index contributed by atoms with van der Waals surface area (Å²) < 4.78 is 60.0. The van der Waals surface area contributed by atoms with E-state index in [0.717, 1.165) is 12.7 Å². The number of carbonyl (C=O) groups is 1. The summed E-state index contributed by atoms with van der Waals surface area (Å²) in [6, 6.07) is 5.22. The molecule has 0 aliphatic rings. The molecule has 0 saturated heterocycles. The average molecular weight is 453 g/mol. The van der Waals surface area contributed by atoms with Crippen molar-refractivity contribution >= 4 is 15.2 Å². The fourth-order valence-electron chi connectivity index (χ4n) is 2.40. The fraction of sp³-hybridized carbons (Fsp3) is 0.650. The first-order chi connectivity index (χ1) is 13.9. The van der Waals surface area contributed by atoms with Crippen molar-refractivity contribution in [1.82, 2.24) is 5.32 Å². The number of benzene rings is 1. The van der Waals surface area contributed by atoms with Crippen molar-refractivity contribution in [3.05, 3.63) is 29.3 Å². The molecule has 1 aromatic rings. The summed E-state index contributed by atoms with van der Waals surface area (Å²) >= 11 is 0. The molecule has 3 atom stereocenters. The molecule has 0 saturated carbocycles. The van der Waals surface area contributed by atoms with Gasteiger partial charge in [-0.15, -0.1) is 0 Å². The highest BCUT2D eigenvalue weighted by Gasteiger charge is 2.37. The molecule has 0 fully saturated rings. The highest BCUT2D eigenvalue weighted by molar-refractivity contribution is 7.18. The van der Waals surface area contributed by atoms with E-state index >= 15 is 0 Å². The van der Waals surface area contributed by atoms with Crippen LogP contribution in [0.3, 0.4) is 0 Å². The molecule has 172 valence electrons. The van der Waals surface area contributed by atoms with Gasteiger partial charge in [0.2, 0.25) is 5.41 Å². The van der Waals surface area contributed by atoms with Crippen LogP contribution < -0.4 is 10.1 Å². The Morgan fingerprint density at radius 3 is 2.43 bits per heavy atom. The lowest BCUT2D eigenvalue weighted by Crippen LogP contribution is -2.36. The van der Waals surface area contributed by atoms with E-state index in [0.29, 0.717) is 24.6 Å². The number of hydrogen-bond donors (Lipinski definition) is 1. The van der Waals surface area contributed by atoms with Gasteiger partial charge in [-0.2, -0.15) is 0 Å². The summed E-state index contributed by atoms with van der Waals surface area (Å²) in [5.41, 5.74) is 1.19. The Morgan fingerprint density at radius 2 is 1.90 bits per heavy atom. The van der Waals surface area contributed by atoms with Crippen LogP contribution in [0.25, 0.3) is 0 Å². The molecule has 1 rings (SSSR count). The minimum absolute atomic E-state index is 0.0200. The molecule has 0 radical (unpaired) electrons. The summed E-state index contributed by atoms with van der Waals surface area (Å²) in [6.07, 6.45) is -4.48. The first kappa shape index (κ1) is 26.6. The second-order valence-electron chi connectivity index (χ2n) is 7.73. The van der Waals surface area contributed by atoms with Gasteiger partial charge in [0.1, 0.15) is 5.75 Å². The second kappa shape index (κ2) is 11.8. The molecule has 0 aromatic heterocycles. The Labute approximate surface area is 178 Å². The molecular weight excluding hydrogens is 422 g/mol. The van der Waals surface area contributed by atoms with Crippen LogP contribution in [0, 0.1) is 0 Å². The number of carbonyl (C=O) groups excluding carboxylic acids is 1. The molecule has 1 N–H and O–H groups in total. The number of esters is 1. The van der Waals surface area contributed by atoms with E-state index in [9.17, 15) is 18.0 Å². The van der Waals surface area contributed by atoms with Crippen molar-refractivity contribution in [2.24, 2.45) is 0 Å². The van der Waals surface area contributed by atoms with Crippen LogP contribution in [0.5, 0.6) is 5.75 Å². The molecule has 3 unspecified atom stereocenters. The van der Waals surface area contributed by atoms with Crippen LogP contribution in [-0.2, 0) is 32.0 Å². The summed E-state index contributed by atoms with van der Waals surface area (Å²) in [7, 11) is 4.10. The molecule has 0 aliphatic carbocycles. The molecule has 0 aliphatic heterocycles. The Balaban J connectivity index is 2.87. The monoisotopic (exact) mass is 453 g/mol. The largest absolute Gasteiger partial charge is 0.496 e. The predicted octanol–water partition coefficient (Wildman–Crippen LogP) is 3.46. The van der Waals surface area contributed by atoms with Gasteiger partial charge in [-0.1, -0.05) is 21.4 Å². The minimum atomic E-state index is -3.27. The Morgan fingerprint density at radius 1 is 1.23 bits per heavy atom. The average Bonchev–Trinajstić information content (AvgIpc) is 2.67. The van der Waals surface area contributed by atoms with E-state index < -0.39 is 30.5 Å². The first-order valence-electron chi connectivity index (χ1n) is 9.35. The quantitative estimate of drug-likeness (QED) is 0.226. The maximum absolute atomic E-state index is 13.8. The highest BCUT2D eigenvalue weighted by Crippen LogP contribution is 2.29. The third-order valence-corrected chi connectivity index (χ3v) is 4.44. The Kier molecular flexibility index (Phi) is 10.5. The van der Waals surface area contributed by atoms with Gasteiger partial charge < -0.3 is 18.9 Å². The van der Waals surface area contributed by atoms with Gasteiger partial charge in [0.05, 0.1) is 33.2 Å². The molecule has 10 heteroatoms. The zero-order valence-corrected chi connectivity index (χ0v) is 19.1. The first-order valence-corrected chi connectivity index (χ1v) is 9.93. The van der Waals surface area contributed by atoms with Crippen LogP contribution >= 0.6 is 9.24 Å². The van der Waals surface area contributed by atoms with Gasteiger partial charge in [-0.3, -0.25) is 5.32 Å². The van der Waals surface area contributed by atoms with Gasteiger partial charge in [0.15, 0.2) is 6.10 Å². The van der Waals surface area contributed by atoms with Crippen LogP contribution in [0.15, 0.2) is 18.2 Å². The summed E-state index contributed by atoms with van der Waals surface area (Å²) in [4.78, 5) is 12.0. The zero-order chi connectivity index (χ0) is 22.9. The fourth-order valence-corrected chi connectivity index (χ4v) is 2.49. The number of ether oxygens (including phenoxy) is 4. The summed E-state index contributed by atoms with van der Waals surface area (Å²) in [5.74, 6) is -0.151. The van der Waals surface area contributed by atoms with Gasteiger partial charge >= 0.3 is 5.97 Å². The van der Waals surface area contributed by atoms with E-state index in [1.165, 1.54) is 16.3 Å². The SMILES string of the molecule is COC(=O)C(Cc1ccc(OC)c(CNCOC(C)(C)C)c1)OCC(F)(P)C(F)F. The lowest BCUT2D eigenvalue weighted by atomic mass is 10.0. The Hall–Kier alpha value is -1.41. The molecule has 0 spiro atoms. The summed E-state index contributed by atoms with van der Waals surface area (Å²) in [6.45, 7) is 5.61. The van der Waals surface area contributed by atoms with Crippen LogP contribution in [0.4, 0.5) is 13.2 Å². The van der Waals surface area contributed by atoms with E-state index in [1.807, 2.05) is 20.8 Å². The van der Waals surface area contributed by atoms with E-state index in [-0.39, 0.29) is 12.0 Å². The predicted molar refractivity (Wildman–Crippen MR) is 111 cm³/mol. The van der Waals surface area contributed by atoms with E-state index in [1.54, 1.807) is 18.2 Å². The zero-order valence-electron chi connectivity index (χ0n) is 18.0. The minimum Gasteiger partial charge on any atom is -0.496 e. The summed E-state index contributed by atoms with van der Waals surface area (Å²) in [5, 5.41) is 0.194. The highest BCUT2D eigenvalue weighted by atomic mass is 31.0. The van der Waals surface area contributed by atoms with Crippen molar-refractivity contribution in [3.63, 3.8) is 0 Å². The molecule has 6 nitrogen and oxygen atoms in total.